The molecule has 3 aromatic rings. The van der Waals surface area contributed by atoms with E-state index in [0.717, 1.165) is 54.9 Å². The van der Waals surface area contributed by atoms with Gasteiger partial charge < -0.3 is 15.0 Å². The lowest BCUT2D eigenvalue weighted by molar-refractivity contribution is 0.122. The highest BCUT2D eigenvalue weighted by molar-refractivity contribution is 5.61. The van der Waals surface area contributed by atoms with Crippen LogP contribution in [0.5, 0.6) is 0 Å². The molecule has 0 amide bonds. The van der Waals surface area contributed by atoms with Gasteiger partial charge >= 0.3 is 0 Å². The summed E-state index contributed by atoms with van der Waals surface area (Å²) in [6, 6.07) is 9.77. The summed E-state index contributed by atoms with van der Waals surface area (Å²) in [5.74, 6) is 2.35. The Hall–Kier alpha value is -3.06. The number of nitrogens with zero attached hydrogens (tertiary/aromatic N) is 5. The van der Waals surface area contributed by atoms with Crippen LogP contribution < -0.4 is 10.2 Å². The molecular weight excluding hydrogens is 328 g/mol. The Labute approximate surface area is 152 Å². The monoisotopic (exact) mass is 348 g/mol. The third-order valence-corrected chi connectivity index (χ3v) is 4.13. The van der Waals surface area contributed by atoms with Gasteiger partial charge in [-0.3, -0.25) is 4.98 Å². The SMILES string of the molecule is Cc1cc(Nc2ccc(N3CCOCC3)nc2)nc(-c2cccnc2)n1. The van der Waals surface area contributed by atoms with Crippen molar-refractivity contribution >= 4 is 17.3 Å². The Morgan fingerprint density at radius 2 is 1.96 bits per heavy atom. The van der Waals surface area contributed by atoms with Gasteiger partial charge in [-0.15, -0.1) is 0 Å². The fourth-order valence-corrected chi connectivity index (χ4v) is 2.84. The predicted octanol–water partition coefficient (Wildman–Crippen LogP) is 2.82. The first kappa shape index (κ1) is 16.4. The van der Waals surface area contributed by atoms with Crippen molar-refractivity contribution < 1.29 is 4.74 Å². The average Bonchev–Trinajstić information content (AvgIpc) is 2.69. The number of aromatic nitrogens is 4. The predicted molar refractivity (Wildman–Crippen MR) is 101 cm³/mol. The summed E-state index contributed by atoms with van der Waals surface area (Å²) in [6.45, 7) is 5.20. The van der Waals surface area contributed by atoms with Gasteiger partial charge in [0.2, 0.25) is 0 Å². The zero-order valence-corrected chi connectivity index (χ0v) is 14.6. The Bertz CT molecular complexity index is 863. The molecule has 1 saturated heterocycles. The van der Waals surface area contributed by atoms with Crippen molar-refractivity contribution in [2.75, 3.05) is 36.5 Å². The molecule has 1 fully saturated rings. The second-order valence-corrected chi connectivity index (χ2v) is 6.09. The molecule has 7 heteroatoms. The highest BCUT2D eigenvalue weighted by atomic mass is 16.5. The Kier molecular flexibility index (Phi) is 4.70. The van der Waals surface area contributed by atoms with Gasteiger partial charge in [0.1, 0.15) is 11.6 Å². The van der Waals surface area contributed by atoms with Gasteiger partial charge in [0, 0.05) is 42.8 Å². The second kappa shape index (κ2) is 7.45. The van der Waals surface area contributed by atoms with Gasteiger partial charge in [-0.2, -0.15) is 0 Å². The summed E-state index contributed by atoms with van der Waals surface area (Å²) in [4.78, 5) is 20.0. The zero-order valence-electron chi connectivity index (χ0n) is 14.6. The average molecular weight is 348 g/mol. The lowest BCUT2D eigenvalue weighted by atomic mass is 10.2. The maximum Gasteiger partial charge on any atom is 0.163 e. The van der Waals surface area contributed by atoms with E-state index in [1.807, 2.05) is 43.5 Å². The fraction of sp³-hybridized carbons (Fsp3) is 0.263. The summed E-state index contributed by atoms with van der Waals surface area (Å²) >= 11 is 0. The van der Waals surface area contributed by atoms with Gasteiger partial charge in [0.05, 0.1) is 25.1 Å². The lowest BCUT2D eigenvalue weighted by Gasteiger charge is -2.27. The minimum Gasteiger partial charge on any atom is -0.378 e. The fourth-order valence-electron chi connectivity index (χ4n) is 2.84. The minimum atomic E-state index is 0.651. The molecule has 0 spiro atoms. The van der Waals surface area contributed by atoms with Gasteiger partial charge in [-0.05, 0) is 31.2 Å². The molecule has 0 bridgehead atoms. The standard InChI is InChI=1S/C19H20N6O/c1-14-11-17(24-19(22-14)15-3-2-6-20-12-15)23-16-4-5-18(21-13-16)25-7-9-26-10-8-25/h2-6,11-13H,7-10H2,1H3,(H,22,23,24). The van der Waals surface area contributed by atoms with Crippen LogP contribution in [0.15, 0.2) is 48.9 Å². The molecule has 1 N–H and O–H groups in total. The molecule has 0 atom stereocenters. The number of hydrogen-bond donors (Lipinski definition) is 1. The van der Waals surface area contributed by atoms with Gasteiger partial charge in [-0.25, -0.2) is 15.0 Å². The van der Waals surface area contributed by atoms with Crippen LogP contribution in [0, 0.1) is 6.92 Å². The summed E-state index contributed by atoms with van der Waals surface area (Å²) < 4.78 is 5.38. The molecule has 0 radical (unpaired) electrons. The molecule has 7 nitrogen and oxygen atoms in total. The maximum absolute atomic E-state index is 5.38. The molecule has 0 unspecified atom stereocenters. The van der Waals surface area contributed by atoms with Crippen molar-refractivity contribution in [3.63, 3.8) is 0 Å². The van der Waals surface area contributed by atoms with E-state index in [1.165, 1.54) is 0 Å². The number of hydrogen-bond acceptors (Lipinski definition) is 7. The van der Waals surface area contributed by atoms with Gasteiger partial charge in [0.25, 0.3) is 0 Å². The first-order chi connectivity index (χ1) is 12.8. The van der Waals surface area contributed by atoms with E-state index in [2.05, 4.69) is 30.2 Å². The van der Waals surface area contributed by atoms with Crippen molar-refractivity contribution in [2.24, 2.45) is 0 Å². The van der Waals surface area contributed by atoms with Crippen LogP contribution in [0.1, 0.15) is 5.69 Å². The van der Waals surface area contributed by atoms with Crippen molar-refractivity contribution in [3.8, 4) is 11.4 Å². The van der Waals surface area contributed by atoms with Crippen LogP contribution in [0.25, 0.3) is 11.4 Å². The molecule has 3 aromatic heterocycles. The summed E-state index contributed by atoms with van der Waals surface area (Å²) in [5, 5.41) is 3.31. The van der Waals surface area contributed by atoms with E-state index in [0.29, 0.717) is 5.82 Å². The number of aryl methyl sites for hydroxylation is 1. The van der Waals surface area contributed by atoms with Crippen LogP contribution in [-0.4, -0.2) is 46.2 Å². The smallest absolute Gasteiger partial charge is 0.163 e. The Morgan fingerprint density at radius 1 is 1.08 bits per heavy atom. The number of ether oxygens (including phenoxy) is 1. The minimum absolute atomic E-state index is 0.651. The van der Waals surface area contributed by atoms with Crippen LogP contribution >= 0.6 is 0 Å². The molecule has 132 valence electrons. The number of pyridine rings is 2. The summed E-state index contributed by atoms with van der Waals surface area (Å²) in [6.07, 6.45) is 5.32. The van der Waals surface area contributed by atoms with Crippen LogP contribution in [0.3, 0.4) is 0 Å². The molecular formula is C19H20N6O. The van der Waals surface area contributed by atoms with Gasteiger partial charge in [-0.1, -0.05) is 0 Å². The van der Waals surface area contributed by atoms with Crippen LogP contribution in [-0.2, 0) is 4.74 Å². The number of anilines is 3. The molecule has 1 aliphatic heterocycles. The van der Waals surface area contributed by atoms with E-state index in [-0.39, 0.29) is 0 Å². The van der Waals surface area contributed by atoms with E-state index in [1.54, 1.807) is 12.4 Å². The second-order valence-electron chi connectivity index (χ2n) is 6.09. The molecule has 1 aliphatic rings. The molecule has 0 aliphatic carbocycles. The topological polar surface area (TPSA) is 76.1 Å². The van der Waals surface area contributed by atoms with Crippen LogP contribution in [0.2, 0.25) is 0 Å². The molecule has 4 heterocycles. The molecule has 0 saturated carbocycles. The normalized spacial score (nSPS) is 14.3. The summed E-state index contributed by atoms with van der Waals surface area (Å²) in [5.41, 5.74) is 2.66. The highest BCUT2D eigenvalue weighted by Crippen LogP contribution is 2.21. The quantitative estimate of drug-likeness (QED) is 0.777. The number of rotatable bonds is 4. The Balaban J connectivity index is 1.52. The van der Waals surface area contributed by atoms with Crippen molar-refractivity contribution in [1.82, 2.24) is 19.9 Å². The third-order valence-electron chi connectivity index (χ3n) is 4.13. The molecule has 4 rings (SSSR count). The van der Waals surface area contributed by atoms with E-state index in [4.69, 9.17) is 4.74 Å². The number of nitrogens with one attached hydrogen (secondary N) is 1. The highest BCUT2D eigenvalue weighted by Gasteiger charge is 2.12. The van der Waals surface area contributed by atoms with Crippen molar-refractivity contribution in [3.05, 3.63) is 54.6 Å². The summed E-state index contributed by atoms with van der Waals surface area (Å²) in [7, 11) is 0. The van der Waals surface area contributed by atoms with Crippen molar-refractivity contribution in [2.45, 2.75) is 6.92 Å². The van der Waals surface area contributed by atoms with E-state index >= 15 is 0 Å². The largest absolute Gasteiger partial charge is 0.378 e. The number of morpholine rings is 1. The molecule has 26 heavy (non-hydrogen) atoms. The van der Waals surface area contributed by atoms with Gasteiger partial charge in [0.15, 0.2) is 5.82 Å². The first-order valence-electron chi connectivity index (χ1n) is 8.60. The Morgan fingerprint density at radius 3 is 2.69 bits per heavy atom. The van der Waals surface area contributed by atoms with Crippen molar-refractivity contribution in [1.29, 1.82) is 0 Å². The maximum atomic E-state index is 5.38. The van der Waals surface area contributed by atoms with E-state index in [9.17, 15) is 0 Å². The molecule has 0 aromatic carbocycles. The first-order valence-corrected chi connectivity index (χ1v) is 8.60. The zero-order chi connectivity index (χ0) is 17.8. The van der Waals surface area contributed by atoms with Crippen LogP contribution in [0.4, 0.5) is 17.3 Å². The lowest BCUT2D eigenvalue weighted by Crippen LogP contribution is -2.36. The third kappa shape index (κ3) is 3.78. The van der Waals surface area contributed by atoms with E-state index < -0.39 is 0 Å².